The first-order chi connectivity index (χ1) is 6.79. The van der Waals surface area contributed by atoms with Crippen LogP contribution in [0.3, 0.4) is 0 Å². The van der Waals surface area contributed by atoms with Crippen molar-refractivity contribution in [3.63, 3.8) is 0 Å². The largest absolute Gasteiger partial charge is 0.480 e. The number of rotatable bonds is 5. The number of nitrogens with zero attached hydrogens (tertiary/aromatic N) is 1. The van der Waals surface area contributed by atoms with Crippen LogP contribution in [-0.4, -0.2) is 47.7 Å². The predicted molar refractivity (Wildman–Crippen MR) is 55.6 cm³/mol. The molecule has 0 saturated carbocycles. The second-order valence-corrected chi connectivity index (χ2v) is 4.29. The third kappa shape index (κ3) is 5.37. The predicted octanol–water partition coefficient (Wildman–Crippen LogP) is 0.735. The lowest BCUT2D eigenvalue weighted by atomic mass is 10.1. The Morgan fingerprint density at radius 3 is 2.20 bits per heavy atom. The fraction of sp³-hybridized carbons (Fsp3) is 0.800. The zero-order chi connectivity index (χ0) is 12.1. The van der Waals surface area contributed by atoms with Crippen LogP contribution in [0.15, 0.2) is 0 Å². The van der Waals surface area contributed by atoms with E-state index in [4.69, 9.17) is 9.84 Å². The number of hydrogen-bond acceptors (Lipinski definition) is 3. The molecule has 0 spiro atoms. The summed E-state index contributed by atoms with van der Waals surface area (Å²) in [5, 5.41) is 8.70. The van der Waals surface area contributed by atoms with Crippen LogP contribution in [0, 0.1) is 0 Å². The Kier molecular flexibility index (Phi) is 5.28. The Hall–Kier alpha value is -1.10. The Labute approximate surface area is 90.0 Å². The van der Waals surface area contributed by atoms with Crippen LogP contribution in [0.2, 0.25) is 0 Å². The van der Waals surface area contributed by atoms with Crippen molar-refractivity contribution in [2.45, 2.75) is 32.7 Å². The summed E-state index contributed by atoms with van der Waals surface area (Å²) < 4.78 is 4.79. The van der Waals surface area contributed by atoms with E-state index in [2.05, 4.69) is 0 Å². The van der Waals surface area contributed by atoms with Gasteiger partial charge in [0.1, 0.15) is 6.54 Å². The van der Waals surface area contributed by atoms with Crippen molar-refractivity contribution in [2.24, 2.45) is 0 Å². The van der Waals surface area contributed by atoms with E-state index in [1.807, 2.05) is 0 Å². The molecule has 0 atom stereocenters. The summed E-state index contributed by atoms with van der Waals surface area (Å²) >= 11 is 0. The van der Waals surface area contributed by atoms with Gasteiger partial charge in [0.15, 0.2) is 0 Å². The molecule has 88 valence electrons. The molecule has 0 aliphatic heterocycles. The van der Waals surface area contributed by atoms with Crippen LogP contribution in [-0.2, 0) is 14.3 Å². The maximum atomic E-state index is 11.7. The molecule has 0 radical (unpaired) electrons. The monoisotopic (exact) mass is 217 g/mol. The maximum Gasteiger partial charge on any atom is 0.323 e. The van der Waals surface area contributed by atoms with Crippen molar-refractivity contribution in [1.29, 1.82) is 0 Å². The van der Waals surface area contributed by atoms with E-state index < -0.39 is 11.5 Å². The molecular weight excluding hydrogens is 198 g/mol. The molecule has 5 nitrogen and oxygen atoms in total. The van der Waals surface area contributed by atoms with Crippen LogP contribution in [0.25, 0.3) is 0 Å². The van der Waals surface area contributed by atoms with E-state index in [9.17, 15) is 9.59 Å². The standard InChI is InChI=1S/C10H19NO4/c1-10(2,3)11(7-9(13)14)8(12)5-6-15-4/h5-7H2,1-4H3,(H,13,14). The molecule has 0 heterocycles. The average molecular weight is 217 g/mol. The van der Waals surface area contributed by atoms with Gasteiger partial charge in [0, 0.05) is 12.6 Å². The molecule has 0 unspecified atom stereocenters. The van der Waals surface area contributed by atoms with Crippen molar-refractivity contribution in [2.75, 3.05) is 20.3 Å². The summed E-state index contributed by atoms with van der Waals surface area (Å²) in [5.41, 5.74) is -0.483. The van der Waals surface area contributed by atoms with Gasteiger partial charge in [0.25, 0.3) is 0 Å². The first kappa shape index (κ1) is 13.9. The molecule has 0 aromatic rings. The quantitative estimate of drug-likeness (QED) is 0.737. The molecule has 0 rings (SSSR count). The highest BCUT2D eigenvalue weighted by Gasteiger charge is 2.27. The van der Waals surface area contributed by atoms with Crippen LogP contribution in [0.5, 0.6) is 0 Å². The van der Waals surface area contributed by atoms with Gasteiger partial charge in [-0.3, -0.25) is 9.59 Å². The van der Waals surface area contributed by atoms with Gasteiger partial charge in [-0.05, 0) is 20.8 Å². The SMILES string of the molecule is COCCC(=O)N(CC(=O)O)C(C)(C)C. The van der Waals surface area contributed by atoms with Crippen LogP contribution in [0.4, 0.5) is 0 Å². The number of amides is 1. The first-order valence-corrected chi connectivity index (χ1v) is 4.80. The van der Waals surface area contributed by atoms with Gasteiger partial charge >= 0.3 is 5.97 Å². The van der Waals surface area contributed by atoms with Gasteiger partial charge in [-0.25, -0.2) is 0 Å². The van der Waals surface area contributed by atoms with Crippen molar-refractivity contribution >= 4 is 11.9 Å². The number of hydrogen-bond donors (Lipinski definition) is 1. The van der Waals surface area contributed by atoms with Crippen molar-refractivity contribution in [3.8, 4) is 0 Å². The van der Waals surface area contributed by atoms with Gasteiger partial charge in [0.05, 0.1) is 13.0 Å². The van der Waals surface area contributed by atoms with Crippen LogP contribution < -0.4 is 0 Å². The molecule has 0 aromatic carbocycles. The second kappa shape index (κ2) is 5.70. The third-order valence-corrected chi connectivity index (χ3v) is 1.92. The molecule has 1 amide bonds. The lowest BCUT2D eigenvalue weighted by Gasteiger charge is -2.34. The van der Waals surface area contributed by atoms with Gasteiger partial charge in [0.2, 0.25) is 5.91 Å². The van der Waals surface area contributed by atoms with E-state index in [1.54, 1.807) is 20.8 Å². The first-order valence-electron chi connectivity index (χ1n) is 4.80. The Bertz CT molecular complexity index is 232. The smallest absolute Gasteiger partial charge is 0.323 e. The Morgan fingerprint density at radius 1 is 1.33 bits per heavy atom. The minimum absolute atomic E-state index is 0.202. The fourth-order valence-corrected chi connectivity index (χ4v) is 1.16. The summed E-state index contributed by atoms with van der Waals surface area (Å²) in [7, 11) is 1.51. The van der Waals surface area contributed by atoms with Gasteiger partial charge in [-0.15, -0.1) is 0 Å². The highest BCUT2D eigenvalue weighted by Crippen LogP contribution is 2.14. The van der Waals surface area contributed by atoms with Crippen molar-refractivity contribution < 1.29 is 19.4 Å². The molecule has 0 aliphatic carbocycles. The van der Waals surface area contributed by atoms with Crippen LogP contribution in [0.1, 0.15) is 27.2 Å². The number of carboxylic acids is 1. The second-order valence-electron chi connectivity index (χ2n) is 4.29. The maximum absolute atomic E-state index is 11.7. The lowest BCUT2D eigenvalue weighted by molar-refractivity contribution is -0.148. The van der Waals surface area contributed by atoms with E-state index in [0.717, 1.165) is 0 Å². The Balaban J connectivity index is 4.49. The summed E-state index contributed by atoms with van der Waals surface area (Å²) in [6.45, 7) is 5.46. The lowest BCUT2D eigenvalue weighted by Crippen LogP contribution is -2.48. The molecule has 0 fully saturated rings. The number of carbonyl (C=O) groups is 2. The molecule has 0 saturated heterocycles. The highest BCUT2D eigenvalue weighted by atomic mass is 16.5. The summed E-state index contributed by atoms with van der Waals surface area (Å²) in [4.78, 5) is 23.6. The van der Waals surface area contributed by atoms with E-state index >= 15 is 0 Å². The molecular formula is C10H19NO4. The number of carbonyl (C=O) groups excluding carboxylic acids is 1. The van der Waals surface area contributed by atoms with Crippen LogP contribution >= 0.6 is 0 Å². The number of ether oxygens (including phenoxy) is 1. The summed E-state index contributed by atoms with van der Waals surface area (Å²) in [6, 6.07) is 0. The van der Waals surface area contributed by atoms with Gasteiger partial charge in [-0.1, -0.05) is 0 Å². The molecule has 0 aromatic heterocycles. The van der Waals surface area contributed by atoms with E-state index in [-0.39, 0.29) is 18.9 Å². The normalized spacial score (nSPS) is 11.2. The molecule has 0 bridgehead atoms. The fourth-order valence-electron chi connectivity index (χ4n) is 1.16. The Morgan fingerprint density at radius 2 is 1.87 bits per heavy atom. The van der Waals surface area contributed by atoms with Crippen molar-refractivity contribution in [3.05, 3.63) is 0 Å². The minimum atomic E-state index is -1.00. The topological polar surface area (TPSA) is 66.8 Å². The van der Waals surface area contributed by atoms with Gasteiger partial charge < -0.3 is 14.7 Å². The number of methoxy groups -OCH3 is 1. The molecule has 5 heteroatoms. The molecule has 1 N–H and O–H groups in total. The van der Waals surface area contributed by atoms with E-state index in [0.29, 0.717) is 6.61 Å². The third-order valence-electron chi connectivity index (χ3n) is 1.92. The van der Waals surface area contributed by atoms with Gasteiger partial charge in [-0.2, -0.15) is 0 Å². The average Bonchev–Trinajstić information content (AvgIpc) is 2.08. The molecule has 0 aliphatic rings. The number of carboxylic acid groups (broad SMARTS) is 1. The molecule has 15 heavy (non-hydrogen) atoms. The zero-order valence-electron chi connectivity index (χ0n) is 9.74. The minimum Gasteiger partial charge on any atom is -0.480 e. The highest BCUT2D eigenvalue weighted by molar-refractivity contribution is 5.82. The number of aliphatic carboxylic acids is 1. The summed E-state index contributed by atoms with van der Waals surface area (Å²) in [6.07, 6.45) is 0.209. The summed E-state index contributed by atoms with van der Waals surface area (Å²) in [5.74, 6) is -1.21. The zero-order valence-corrected chi connectivity index (χ0v) is 9.74. The van der Waals surface area contributed by atoms with E-state index in [1.165, 1.54) is 12.0 Å². The van der Waals surface area contributed by atoms with Crippen molar-refractivity contribution in [1.82, 2.24) is 4.90 Å².